The SMILES string of the molecule is CC(C)(Oc1ccncc1Cc1ccc(F)c2ccccc12)C(=O)O. The van der Waals surface area contributed by atoms with Crippen LogP contribution in [0.4, 0.5) is 4.39 Å². The van der Waals surface area contributed by atoms with Gasteiger partial charge in [0.1, 0.15) is 11.6 Å². The molecule has 1 aromatic heterocycles. The van der Waals surface area contributed by atoms with Crippen LogP contribution in [0.2, 0.25) is 0 Å². The van der Waals surface area contributed by atoms with Crippen LogP contribution >= 0.6 is 0 Å². The number of ether oxygens (including phenoxy) is 1. The van der Waals surface area contributed by atoms with E-state index in [0.29, 0.717) is 17.6 Å². The highest BCUT2D eigenvalue weighted by atomic mass is 19.1. The molecule has 4 nitrogen and oxygen atoms in total. The summed E-state index contributed by atoms with van der Waals surface area (Å²) in [4.78, 5) is 15.4. The summed E-state index contributed by atoms with van der Waals surface area (Å²) in [5.74, 6) is -0.868. The van der Waals surface area contributed by atoms with Crippen LogP contribution < -0.4 is 4.74 Å². The first-order valence-corrected chi connectivity index (χ1v) is 7.90. The van der Waals surface area contributed by atoms with E-state index in [1.807, 2.05) is 12.1 Å². The average molecular weight is 339 g/mol. The van der Waals surface area contributed by atoms with Gasteiger partial charge in [0.2, 0.25) is 0 Å². The molecule has 0 radical (unpaired) electrons. The van der Waals surface area contributed by atoms with Crippen LogP contribution in [-0.2, 0) is 11.2 Å². The number of fused-ring (bicyclic) bond motifs is 1. The fourth-order valence-electron chi connectivity index (χ4n) is 2.65. The van der Waals surface area contributed by atoms with Gasteiger partial charge in [-0.25, -0.2) is 9.18 Å². The summed E-state index contributed by atoms with van der Waals surface area (Å²) < 4.78 is 19.7. The largest absolute Gasteiger partial charge is 0.478 e. The van der Waals surface area contributed by atoms with Gasteiger partial charge in [-0.3, -0.25) is 4.98 Å². The minimum Gasteiger partial charge on any atom is -0.478 e. The fourth-order valence-corrected chi connectivity index (χ4v) is 2.65. The van der Waals surface area contributed by atoms with Crippen molar-refractivity contribution < 1.29 is 19.0 Å². The van der Waals surface area contributed by atoms with E-state index in [2.05, 4.69) is 4.98 Å². The van der Waals surface area contributed by atoms with Gasteiger partial charge in [0.15, 0.2) is 5.60 Å². The summed E-state index contributed by atoms with van der Waals surface area (Å²) in [6.07, 6.45) is 3.66. The van der Waals surface area contributed by atoms with Gasteiger partial charge in [0.25, 0.3) is 0 Å². The van der Waals surface area contributed by atoms with Crippen molar-refractivity contribution in [2.75, 3.05) is 0 Å². The lowest BCUT2D eigenvalue weighted by Gasteiger charge is -2.23. The van der Waals surface area contributed by atoms with Gasteiger partial charge in [-0.1, -0.05) is 30.3 Å². The molecule has 3 aromatic rings. The third-order valence-electron chi connectivity index (χ3n) is 4.08. The predicted molar refractivity (Wildman–Crippen MR) is 93.3 cm³/mol. The van der Waals surface area contributed by atoms with Crippen molar-refractivity contribution in [2.24, 2.45) is 0 Å². The molecular formula is C20H18FNO3. The van der Waals surface area contributed by atoms with E-state index < -0.39 is 11.6 Å². The number of halogens is 1. The second-order valence-corrected chi connectivity index (χ2v) is 6.33. The zero-order chi connectivity index (χ0) is 18.0. The molecule has 5 heteroatoms. The highest BCUT2D eigenvalue weighted by molar-refractivity contribution is 5.86. The third kappa shape index (κ3) is 3.45. The maximum absolute atomic E-state index is 14.0. The molecule has 128 valence electrons. The Morgan fingerprint density at radius 2 is 1.84 bits per heavy atom. The summed E-state index contributed by atoms with van der Waals surface area (Å²) in [6.45, 7) is 2.99. The second kappa shape index (κ2) is 6.51. The molecule has 1 N–H and O–H groups in total. The number of aliphatic carboxylic acids is 1. The van der Waals surface area contributed by atoms with Crippen LogP contribution in [0.5, 0.6) is 5.75 Å². The molecular weight excluding hydrogens is 321 g/mol. The number of aromatic nitrogens is 1. The van der Waals surface area contributed by atoms with Gasteiger partial charge in [-0.05, 0) is 36.9 Å². The number of nitrogens with zero attached hydrogens (tertiary/aromatic N) is 1. The van der Waals surface area contributed by atoms with Gasteiger partial charge < -0.3 is 9.84 Å². The number of hydrogen-bond acceptors (Lipinski definition) is 3. The Kier molecular flexibility index (Phi) is 4.40. The summed E-state index contributed by atoms with van der Waals surface area (Å²) in [5, 5.41) is 10.6. The highest BCUT2D eigenvalue weighted by Gasteiger charge is 2.30. The van der Waals surface area contributed by atoms with Gasteiger partial charge in [-0.15, -0.1) is 0 Å². The third-order valence-corrected chi connectivity index (χ3v) is 4.08. The van der Waals surface area contributed by atoms with E-state index in [1.165, 1.54) is 19.9 Å². The molecule has 0 spiro atoms. The quantitative estimate of drug-likeness (QED) is 0.756. The van der Waals surface area contributed by atoms with Crippen molar-refractivity contribution in [3.8, 4) is 5.75 Å². The van der Waals surface area contributed by atoms with Gasteiger partial charge in [-0.2, -0.15) is 0 Å². The molecule has 0 aliphatic heterocycles. The molecule has 0 unspecified atom stereocenters. The Bertz CT molecular complexity index is 937. The van der Waals surface area contributed by atoms with Gasteiger partial charge in [0, 0.05) is 29.8 Å². The lowest BCUT2D eigenvalue weighted by molar-refractivity contribution is -0.152. The van der Waals surface area contributed by atoms with Crippen molar-refractivity contribution in [2.45, 2.75) is 25.9 Å². The topological polar surface area (TPSA) is 59.4 Å². The molecule has 0 amide bonds. The highest BCUT2D eigenvalue weighted by Crippen LogP contribution is 2.28. The normalized spacial score (nSPS) is 11.5. The lowest BCUT2D eigenvalue weighted by Crippen LogP contribution is -2.38. The van der Waals surface area contributed by atoms with Crippen molar-refractivity contribution in [3.63, 3.8) is 0 Å². The van der Waals surface area contributed by atoms with Crippen molar-refractivity contribution >= 4 is 16.7 Å². The van der Waals surface area contributed by atoms with Crippen LogP contribution in [0.15, 0.2) is 54.9 Å². The van der Waals surface area contributed by atoms with E-state index in [9.17, 15) is 14.3 Å². The fraction of sp³-hybridized carbons (Fsp3) is 0.200. The summed E-state index contributed by atoms with van der Waals surface area (Å²) in [5.41, 5.74) is 0.303. The van der Waals surface area contributed by atoms with Crippen LogP contribution in [0.25, 0.3) is 10.8 Å². The first-order valence-electron chi connectivity index (χ1n) is 7.90. The molecule has 25 heavy (non-hydrogen) atoms. The maximum Gasteiger partial charge on any atom is 0.347 e. The van der Waals surface area contributed by atoms with E-state index in [-0.39, 0.29) is 5.82 Å². The molecule has 2 aromatic carbocycles. The number of carbonyl (C=O) groups is 1. The Hall–Kier alpha value is -2.95. The summed E-state index contributed by atoms with van der Waals surface area (Å²) in [7, 11) is 0. The van der Waals surface area contributed by atoms with E-state index in [1.54, 1.807) is 36.7 Å². The van der Waals surface area contributed by atoms with Crippen LogP contribution in [-0.4, -0.2) is 21.7 Å². The molecule has 0 aliphatic rings. The zero-order valence-corrected chi connectivity index (χ0v) is 14.0. The van der Waals surface area contributed by atoms with Crippen LogP contribution in [0.3, 0.4) is 0 Å². The summed E-state index contributed by atoms with van der Waals surface area (Å²) >= 11 is 0. The zero-order valence-electron chi connectivity index (χ0n) is 14.0. The van der Waals surface area contributed by atoms with Crippen molar-refractivity contribution in [3.05, 3.63) is 71.8 Å². The first-order chi connectivity index (χ1) is 11.9. The van der Waals surface area contributed by atoms with E-state index in [0.717, 1.165) is 16.5 Å². The molecule has 0 bridgehead atoms. The van der Waals surface area contributed by atoms with E-state index in [4.69, 9.17) is 4.74 Å². The average Bonchev–Trinajstić information content (AvgIpc) is 2.59. The smallest absolute Gasteiger partial charge is 0.347 e. The Morgan fingerprint density at radius 1 is 1.12 bits per heavy atom. The standard InChI is InChI=1S/C20H18FNO3/c1-20(2,19(23)24)25-18-9-10-22-12-14(18)11-13-7-8-17(21)16-6-4-3-5-15(13)16/h3-10,12H,11H2,1-2H3,(H,23,24). The number of rotatable bonds is 5. The number of carboxylic acid groups (broad SMARTS) is 1. The molecule has 0 fully saturated rings. The van der Waals surface area contributed by atoms with Crippen LogP contribution in [0, 0.1) is 5.82 Å². The van der Waals surface area contributed by atoms with E-state index >= 15 is 0 Å². The molecule has 3 rings (SSSR count). The number of hydrogen-bond donors (Lipinski definition) is 1. The molecule has 0 atom stereocenters. The summed E-state index contributed by atoms with van der Waals surface area (Å²) in [6, 6.07) is 12.1. The first kappa shape index (κ1) is 16.9. The second-order valence-electron chi connectivity index (χ2n) is 6.33. The molecule has 1 heterocycles. The lowest BCUT2D eigenvalue weighted by atomic mass is 9.98. The minimum absolute atomic E-state index is 0.269. The Balaban J connectivity index is 2.00. The van der Waals surface area contributed by atoms with Crippen molar-refractivity contribution in [1.29, 1.82) is 0 Å². The number of carboxylic acids is 1. The Morgan fingerprint density at radius 3 is 2.56 bits per heavy atom. The van der Waals surface area contributed by atoms with Gasteiger partial charge >= 0.3 is 5.97 Å². The molecule has 0 saturated heterocycles. The number of pyridine rings is 1. The molecule has 0 saturated carbocycles. The maximum atomic E-state index is 14.0. The van der Waals surface area contributed by atoms with Crippen LogP contribution in [0.1, 0.15) is 25.0 Å². The Labute approximate surface area is 144 Å². The molecule has 0 aliphatic carbocycles. The van der Waals surface area contributed by atoms with Gasteiger partial charge in [0.05, 0.1) is 0 Å². The number of benzene rings is 2. The predicted octanol–water partition coefficient (Wildman–Crippen LogP) is 4.21. The monoisotopic (exact) mass is 339 g/mol. The minimum atomic E-state index is -1.36. The van der Waals surface area contributed by atoms with Crippen molar-refractivity contribution in [1.82, 2.24) is 4.98 Å².